The van der Waals surface area contributed by atoms with Crippen LogP contribution in [0.2, 0.25) is 15.1 Å². The number of benzene rings is 3. The van der Waals surface area contributed by atoms with Crippen molar-refractivity contribution in [3.05, 3.63) is 93.4 Å². The van der Waals surface area contributed by atoms with Crippen LogP contribution in [0, 0.1) is 0 Å². The number of sulfonamides is 1. The first-order valence-electron chi connectivity index (χ1n) is 10.8. The quantitative estimate of drug-likeness (QED) is 0.393. The van der Waals surface area contributed by atoms with Gasteiger partial charge in [-0.15, -0.1) is 0 Å². The summed E-state index contributed by atoms with van der Waals surface area (Å²) in [5.74, 6) is -1.04. The average molecular weight is 569 g/mol. The summed E-state index contributed by atoms with van der Waals surface area (Å²) in [6.07, 6.45) is 0. The molecule has 0 aliphatic carbocycles. The molecule has 0 unspecified atom stereocenters. The lowest BCUT2D eigenvalue weighted by molar-refractivity contribution is -0.139. The normalized spacial score (nSPS) is 12.0. The Labute approximate surface area is 225 Å². The van der Waals surface area contributed by atoms with Gasteiger partial charge in [0.1, 0.15) is 12.6 Å². The van der Waals surface area contributed by atoms with E-state index < -0.39 is 34.4 Å². The Morgan fingerprint density at radius 3 is 2.25 bits per heavy atom. The van der Waals surface area contributed by atoms with Gasteiger partial charge in [0.2, 0.25) is 11.8 Å². The van der Waals surface area contributed by atoms with Crippen LogP contribution in [0.3, 0.4) is 0 Å². The lowest BCUT2D eigenvalue weighted by atomic mass is 10.1. The lowest BCUT2D eigenvalue weighted by Crippen LogP contribution is -2.50. The number of anilines is 1. The van der Waals surface area contributed by atoms with Gasteiger partial charge in [0, 0.05) is 18.6 Å². The number of rotatable bonds is 9. The molecule has 0 saturated heterocycles. The molecule has 0 aliphatic heterocycles. The Hall–Kier alpha value is -2.78. The van der Waals surface area contributed by atoms with E-state index in [9.17, 15) is 18.0 Å². The van der Waals surface area contributed by atoms with Crippen LogP contribution in [0.1, 0.15) is 12.5 Å². The highest BCUT2D eigenvalue weighted by Gasteiger charge is 2.33. The molecular formula is C25H24Cl3N3O4S. The minimum atomic E-state index is -4.23. The van der Waals surface area contributed by atoms with Gasteiger partial charge < -0.3 is 10.2 Å². The molecule has 0 aliphatic rings. The lowest BCUT2D eigenvalue weighted by Gasteiger charge is -2.32. The maximum atomic E-state index is 13.7. The Morgan fingerprint density at radius 1 is 0.944 bits per heavy atom. The van der Waals surface area contributed by atoms with Crippen molar-refractivity contribution < 1.29 is 18.0 Å². The minimum Gasteiger partial charge on any atom is -0.357 e. The maximum Gasteiger partial charge on any atom is 0.264 e. The molecule has 7 nitrogen and oxygen atoms in total. The topological polar surface area (TPSA) is 86.8 Å². The van der Waals surface area contributed by atoms with Crippen LogP contribution in [-0.4, -0.2) is 44.8 Å². The van der Waals surface area contributed by atoms with Crippen LogP contribution >= 0.6 is 34.8 Å². The molecule has 0 spiro atoms. The predicted octanol–water partition coefficient (Wildman–Crippen LogP) is 5.01. The molecule has 3 rings (SSSR count). The third-order valence-corrected chi connectivity index (χ3v) is 8.28. The van der Waals surface area contributed by atoms with Gasteiger partial charge in [0.25, 0.3) is 10.0 Å². The highest BCUT2D eigenvalue weighted by atomic mass is 35.5. The fraction of sp³-hybridized carbons (Fsp3) is 0.200. The molecule has 0 bridgehead atoms. The Kier molecular flexibility index (Phi) is 9.24. The third-order valence-electron chi connectivity index (χ3n) is 5.47. The Bertz CT molecular complexity index is 1350. The van der Waals surface area contributed by atoms with Gasteiger partial charge >= 0.3 is 0 Å². The van der Waals surface area contributed by atoms with Crippen LogP contribution in [0.25, 0.3) is 0 Å². The molecule has 36 heavy (non-hydrogen) atoms. The highest BCUT2D eigenvalue weighted by molar-refractivity contribution is 7.92. The van der Waals surface area contributed by atoms with Crippen LogP contribution in [-0.2, 0) is 26.2 Å². The van der Waals surface area contributed by atoms with E-state index in [1.807, 2.05) is 0 Å². The second-order valence-corrected chi connectivity index (χ2v) is 10.9. The van der Waals surface area contributed by atoms with Crippen molar-refractivity contribution in [1.82, 2.24) is 10.2 Å². The van der Waals surface area contributed by atoms with Crippen molar-refractivity contribution in [3.63, 3.8) is 0 Å². The summed E-state index contributed by atoms with van der Waals surface area (Å²) in [7, 11) is -2.77. The molecule has 0 fully saturated rings. The highest BCUT2D eigenvalue weighted by Crippen LogP contribution is 2.35. The molecule has 11 heteroatoms. The number of nitrogens with zero attached hydrogens (tertiary/aromatic N) is 2. The molecule has 190 valence electrons. The standard InChI is InChI=1S/C25H24Cl3N3O4S/c1-17(25(33)29-2)30(15-18-8-6-9-19(26)14-18)23(32)16-31(22-13-7-12-21(27)24(22)28)36(34,35)20-10-4-3-5-11-20/h3-14,17H,15-16H2,1-2H3,(H,29,33)/t17-/m0/s1. The number of amides is 2. The minimum absolute atomic E-state index is 0.0211. The van der Waals surface area contributed by atoms with Crippen molar-refractivity contribution in [3.8, 4) is 0 Å². The molecule has 2 amide bonds. The summed E-state index contributed by atoms with van der Waals surface area (Å²) in [5.41, 5.74) is 0.710. The van der Waals surface area contributed by atoms with Gasteiger partial charge in [-0.1, -0.05) is 71.2 Å². The summed E-state index contributed by atoms with van der Waals surface area (Å²) in [5, 5.41) is 3.10. The molecule has 0 heterocycles. The van der Waals surface area contributed by atoms with E-state index in [1.165, 1.54) is 36.2 Å². The Morgan fingerprint density at radius 2 is 1.61 bits per heavy atom. The molecule has 3 aromatic carbocycles. The number of nitrogens with one attached hydrogen (secondary N) is 1. The molecule has 1 N–H and O–H groups in total. The first-order chi connectivity index (χ1) is 17.1. The molecule has 0 saturated carbocycles. The van der Waals surface area contributed by atoms with Crippen LogP contribution in [0.4, 0.5) is 5.69 Å². The first kappa shape index (κ1) is 27.8. The van der Waals surface area contributed by atoms with Gasteiger partial charge in [-0.25, -0.2) is 8.42 Å². The summed E-state index contributed by atoms with van der Waals surface area (Å²) in [6, 6.07) is 18.1. The van der Waals surface area contributed by atoms with E-state index in [4.69, 9.17) is 34.8 Å². The predicted molar refractivity (Wildman–Crippen MR) is 143 cm³/mol. The third kappa shape index (κ3) is 6.31. The van der Waals surface area contributed by atoms with E-state index in [-0.39, 0.29) is 27.2 Å². The van der Waals surface area contributed by atoms with Gasteiger partial charge in [-0.05, 0) is 48.9 Å². The van der Waals surface area contributed by atoms with Crippen LogP contribution in [0.5, 0.6) is 0 Å². The number of hydrogen-bond donors (Lipinski definition) is 1. The average Bonchev–Trinajstić information content (AvgIpc) is 2.87. The van der Waals surface area contributed by atoms with Crippen LogP contribution < -0.4 is 9.62 Å². The van der Waals surface area contributed by atoms with E-state index in [0.717, 1.165) is 4.31 Å². The summed E-state index contributed by atoms with van der Waals surface area (Å²) >= 11 is 18.7. The van der Waals surface area contributed by atoms with E-state index in [1.54, 1.807) is 55.5 Å². The van der Waals surface area contributed by atoms with E-state index in [0.29, 0.717) is 10.6 Å². The smallest absolute Gasteiger partial charge is 0.264 e. The fourth-order valence-corrected chi connectivity index (χ4v) is 5.65. The zero-order valence-corrected chi connectivity index (χ0v) is 22.6. The van der Waals surface area contributed by atoms with Crippen molar-refractivity contribution in [1.29, 1.82) is 0 Å². The maximum absolute atomic E-state index is 13.7. The zero-order valence-electron chi connectivity index (χ0n) is 19.5. The van der Waals surface area contributed by atoms with Gasteiger partial charge in [-0.2, -0.15) is 0 Å². The fourth-order valence-electron chi connectivity index (χ4n) is 3.54. The summed E-state index contributed by atoms with van der Waals surface area (Å²) in [6.45, 7) is 0.958. The van der Waals surface area contributed by atoms with Crippen molar-refractivity contribution in [2.75, 3.05) is 17.9 Å². The zero-order chi connectivity index (χ0) is 26.5. The van der Waals surface area contributed by atoms with E-state index >= 15 is 0 Å². The Balaban J connectivity index is 2.07. The largest absolute Gasteiger partial charge is 0.357 e. The van der Waals surface area contributed by atoms with Crippen LogP contribution in [0.15, 0.2) is 77.7 Å². The number of hydrogen-bond acceptors (Lipinski definition) is 4. The van der Waals surface area contributed by atoms with Crippen molar-refractivity contribution in [2.24, 2.45) is 0 Å². The second-order valence-electron chi connectivity index (χ2n) is 7.84. The number of likely N-dealkylation sites (N-methyl/N-ethyl adjacent to an activating group) is 1. The summed E-state index contributed by atoms with van der Waals surface area (Å²) < 4.78 is 28.3. The molecule has 0 aromatic heterocycles. The molecular weight excluding hydrogens is 545 g/mol. The van der Waals surface area contributed by atoms with Crippen molar-refractivity contribution >= 4 is 62.3 Å². The molecule has 3 aromatic rings. The molecule has 0 radical (unpaired) electrons. The second kappa shape index (κ2) is 12.0. The SMILES string of the molecule is CNC(=O)[C@H](C)N(Cc1cccc(Cl)c1)C(=O)CN(c1cccc(Cl)c1Cl)S(=O)(=O)c1ccccc1. The van der Waals surface area contributed by atoms with Gasteiger partial charge in [0.05, 0.1) is 20.6 Å². The monoisotopic (exact) mass is 567 g/mol. The molecule has 1 atom stereocenters. The van der Waals surface area contributed by atoms with E-state index in [2.05, 4.69) is 5.32 Å². The summed E-state index contributed by atoms with van der Waals surface area (Å²) in [4.78, 5) is 27.4. The number of halogens is 3. The number of carbonyl (C=O) groups is 2. The van der Waals surface area contributed by atoms with Gasteiger partial charge in [0.15, 0.2) is 0 Å². The van der Waals surface area contributed by atoms with Crippen molar-refractivity contribution in [2.45, 2.75) is 24.4 Å². The number of carbonyl (C=O) groups excluding carboxylic acids is 2. The first-order valence-corrected chi connectivity index (χ1v) is 13.4. The van der Waals surface area contributed by atoms with Gasteiger partial charge in [-0.3, -0.25) is 13.9 Å².